The third-order valence-electron chi connectivity index (χ3n) is 1.51. The SMILES string of the molecule is C.C.CC(=O)OCSc1ccc(C)cc1. The van der Waals surface area contributed by atoms with E-state index in [2.05, 4.69) is 0 Å². The third-order valence-corrected chi connectivity index (χ3v) is 2.35. The molecule has 0 saturated heterocycles. The first-order chi connectivity index (χ1) is 6.18. The third kappa shape index (κ3) is 7.03. The Morgan fingerprint density at radius 3 is 2.27 bits per heavy atom. The molecule has 1 aromatic rings. The molecule has 0 saturated carbocycles. The minimum absolute atomic E-state index is 0. The molecule has 3 heteroatoms. The molecule has 0 aliphatic carbocycles. The average Bonchev–Trinajstić information content (AvgIpc) is 2.08. The van der Waals surface area contributed by atoms with Gasteiger partial charge in [-0.1, -0.05) is 44.3 Å². The number of thioether (sulfide) groups is 1. The molecular formula is C12H20O2S. The van der Waals surface area contributed by atoms with Crippen LogP contribution >= 0.6 is 11.8 Å². The highest BCUT2D eigenvalue weighted by molar-refractivity contribution is 7.99. The molecule has 0 spiro atoms. The van der Waals surface area contributed by atoms with Gasteiger partial charge in [-0.3, -0.25) is 4.79 Å². The molecule has 0 amide bonds. The van der Waals surface area contributed by atoms with Gasteiger partial charge in [-0.05, 0) is 19.1 Å². The molecule has 0 N–H and O–H groups in total. The lowest BCUT2D eigenvalue weighted by Gasteiger charge is -2.01. The number of benzene rings is 1. The van der Waals surface area contributed by atoms with Crippen LogP contribution in [0.2, 0.25) is 0 Å². The van der Waals surface area contributed by atoms with Crippen LogP contribution in [0, 0.1) is 6.92 Å². The van der Waals surface area contributed by atoms with Crippen LogP contribution in [0.25, 0.3) is 0 Å². The van der Waals surface area contributed by atoms with Crippen LogP contribution in [-0.2, 0) is 9.53 Å². The fraction of sp³-hybridized carbons (Fsp3) is 0.417. The fourth-order valence-corrected chi connectivity index (χ4v) is 1.50. The summed E-state index contributed by atoms with van der Waals surface area (Å²) >= 11 is 1.51. The van der Waals surface area contributed by atoms with Crippen molar-refractivity contribution >= 4 is 17.7 Å². The van der Waals surface area contributed by atoms with E-state index in [1.54, 1.807) is 0 Å². The smallest absolute Gasteiger partial charge is 0.303 e. The lowest BCUT2D eigenvalue weighted by atomic mass is 10.2. The number of carbonyl (C=O) groups is 1. The predicted molar refractivity (Wildman–Crippen MR) is 67.1 cm³/mol. The number of ether oxygens (including phenoxy) is 1. The largest absolute Gasteiger partial charge is 0.454 e. The maximum Gasteiger partial charge on any atom is 0.303 e. The molecule has 2 nitrogen and oxygen atoms in total. The Morgan fingerprint density at radius 2 is 1.80 bits per heavy atom. The minimum atomic E-state index is -0.236. The van der Waals surface area contributed by atoms with E-state index in [4.69, 9.17) is 4.74 Å². The second-order valence-corrected chi connectivity index (χ2v) is 3.71. The van der Waals surface area contributed by atoms with Gasteiger partial charge in [-0.2, -0.15) is 0 Å². The van der Waals surface area contributed by atoms with Crippen molar-refractivity contribution < 1.29 is 9.53 Å². The van der Waals surface area contributed by atoms with E-state index in [-0.39, 0.29) is 20.8 Å². The van der Waals surface area contributed by atoms with Crippen molar-refractivity contribution in [2.24, 2.45) is 0 Å². The Bertz CT molecular complexity index is 280. The molecule has 0 aromatic heterocycles. The normalized spacial score (nSPS) is 8.40. The predicted octanol–water partition coefficient (Wildman–Crippen LogP) is 3.88. The van der Waals surface area contributed by atoms with Crippen molar-refractivity contribution in [1.82, 2.24) is 0 Å². The maximum atomic E-state index is 10.5. The molecule has 0 radical (unpaired) electrons. The highest BCUT2D eigenvalue weighted by Crippen LogP contribution is 2.17. The van der Waals surface area contributed by atoms with E-state index in [0.717, 1.165) is 4.90 Å². The second-order valence-electron chi connectivity index (χ2n) is 2.71. The zero-order valence-corrected chi connectivity index (χ0v) is 8.56. The molecule has 1 aromatic carbocycles. The van der Waals surface area contributed by atoms with Crippen molar-refractivity contribution in [1.29, 1.82) is 0 Å². The van der Waals surface area contributed by atoms with Gasteiger partial charge in [-0.15, -0.1) is 0 Å². The van der Waals surface area contributed by atoms with Gasteiger partial charge < -0.3 is 4.74 Å². The number of hydrogen-bond acceptors (Lipinski definition) is 3. The van der Waals surface area contributed by atoms with Gasteiger partial charge in [0.15, 0.2) is 0 Å². The lowest BCUT2D eigenvalue weighted by molar-refractivity contribution is -0.138. The molecule has 0 unspecified atom stereocenters. The summed E-state index contributed by atoms with van der Waals surface area (Å²) in [5.41, 5.74) is 1.23. The van der Waals surface area contributed by atoms with Crippen molar-refractivity contribution in [3.8, 4) is 0 Å². The molecule has 0 heterocycles. The summed E-state index contributed by atoms with van der Waals surface area (Å²) < 4.78 is 4.80. The molecule has 86 valence electrons. The molecule has 1 rings (SSSR count). The van der Waals surface area contributed by atoms with E-state index in [1.165, 1.54) is 24.2 Å². The van der Waals surface area contributed by atoms with Crippen molar-refractivity contribution in [2.75, 3.05) is 5.94 Å². The molecule has 0 fully saturated rings. The number of esters is 1. The first-order valence-corrected chi connectivity index (χ1v) is 5.00. The molecule has 0 aliphatic rings. The molecule has 0 aliphatic heterocycles. The van der Waals surface area contributed by atoms with E-state index in [0.29, 0.717) is 5.94 Å². The molecular weight excluding hydrogens is 208 g/mol. The molecule has 0 bridgehead atoms. The first-order valence-electron chi connectivity index (χ1n) is 4.01. The van der Waals surface area contributed by atoms with Crippen LogP contribution in [-0.4, -0.2) is 11.9 Å². The minimum Gasteiger partial charge on any atom is -0.454 e. The monoisotopic (exact) mass is 228 g/mol. The van der Waals surface area contributed by atoms with Gasteiger partial charge in [0, 0.05) is 11.8 Å². The standard InChI is InChI=1S/C10H12O2S.2CH4/c1-8-3-5-10(6-4-8)13-7-12-9(2)11;;/h3-6H,7H2,1-2H3;2*1H4. The van der Waals surface area contributed by atoms with Gasteiger partial charge in [0.2, 0.25) is 0 Å². The van der Waals surface area contributed by atoms with Gasteiger partial charge in [0.25, 0.3) is 0 Å². The van der Waals surface area contributed by atoms with Crippen LogP contribution in [0.3, 0.4) is 0 Å². The van der Waals surface area contributed by atoms with Crippen LogP contribution in [0.15, 0.2) is 29.2 Å². The Kier molecular flexibility index (Phi) is 9.18. The summed E-state index contributed by atoms with van der Waals surface area (Å²) in [4.78, 5) is 11.6. The fourth-order valence-electron chi connectivity index (χ4n) is 0.815. The highest BCUT2D eigenvalue weighted by atomic mass is 32.2. The number of aryl methyl sites for hydroxylation is 1. The maximum absolute atomic E-state index is 10.5. The van der Waals surface area contributed by atoms with Crippen molar-refractivity contribution in [3.63, 3.8) is 0 Å². The summed E-state index contributed by atoms with van der Waals surface area (Å²) in [7, 11) is 0. The Labute approximate surface area is 97.0 Å². The van der Waals surface area contributed by atoms with E-state index >= 15 is 0 Å². The van der Waals surface area contributed by atoms with Gasteiger partial charge in [0.1, 0.15) is 5.94 Å². The lowest BCUT2D eigenvalue weighted by Crippen LogP contribution is -1.96. The van der Waals surface area contributed by atoms with E-state index < -0.39 is 0 Å². The summed E-state index contributed by atoms with van der Waals surface area (Å²) in [6.07, 6.45) is 0. The quantitative estimate of drug-likeness (QED) is 0.446. The zero-order valence-electron chi connectivity index (χ0n) is 7.74. The second kappa shape index (κ2) is 8.36. The van der Waals surface area contributed by atoms with E-state index in [9.17, 15) is 4.79 Å². The molecule has 0 atom stereocenters. The summed E-state index contributed by atoms with van der Waals surface area (Å²) in [5.74, 6) is 0.151. The van der Waals surface area contributed by atoms with Crippen LogP contribution in [0.5, 0.6) is 0 Å². The summed E-state index contributed by atoms with van der Waals surface area (Å²) in [6.45, 7) is 3.45. The Balaban J connectivity index is 0. The van der Waals surface area contributed by atoms with Gasteiger partial charge in [-0.25, -0.2) is 0 Å². The van der Waals surface area contributed by atoms with Crippen LogP contribution < -0.4 is 0 Å². The number of rotatable bonds is 3. The zero-order chi connectivity index (χ0) is 9.68. The Morgan fingerprint density at radius 1 is 1.27 bits per heavy atom. The Hall–Kier alpha value is -0.960. The average molecular weight is 228 g/mol. The number of hydrogen-bond donors (Lipinski definition) is 0. The summed E-state index contributed by atoms with van der Waals surface area (Å²) in [5, 5.41) is 0. The highest BCUT2D eigenvalue weighted by Gasteiger charge is 1.95. The van der Waals surface area contributed by atoms with Crippen LogP contribution in [0.4, 0.5) is 0 Å². The summed E-state index contributed by atoms with van der Waals surface area (Å²) in [6, 6.07) is 8.11. The molecule has 15 heavy (non-hydrogen) atoms. The number of carbonyl (C=O) groups excluding carboxylic acids is 1. The first kappa shape index (κ1) is 16.5. The van der Waals surface area contributed by atoms with Crippen LogP contribution in [0.1, 0.15) is 27.3 Å². The van der Waals surface area contributed by atoms with Crippen molar-refractivity contribution in [2.45, 2.75) is 33.6 Å². The van der Waals surface area contributed by atoms with Crippen molar-refractivity contribution in [3.05, 3.63) is 29.8 Å². The van der Waals surface area contributed by atoms with Gasteiger partial charge in [0.05, 0.1) is 0 Å². The van der Waals surface area contributed by atoms with E-state index in [1.807, 2.05) is 31.2 Å². The van der Waals surface area contributed by atoms with Gasteiger partial charge >= 0.3 is 5.97 Å². The topological polar surface area (TPSA) is 26.3 Å².